The molecule has 1 heterocycles. The highest BCUT2D eigenvalue weighted by molar-refractivity contribution is 5.91. The lowest BCUT2D eigenvalue weighted by atomic mass is 9.85. The SMILES string of the molecule is COc1ccc2[nH]c(C3CCCCC3)c(/C=C/[N+](=O)[O-])c2c1. The van der Waals surface area contributed by atoms with Crippen molar-refractivity contribution in [1.29, 1.82) is 0 Å². The summed E-state index contributed by atoms with van der Waals surface area (Å²) in [5, 5.41) is 11.7. The molecular weight excluding hydrogens is 280 g/mol. The number of methoxy groups -OCH3 is 1. The zero-order valence-electron chi connectivity index (χ0n) is 12.7. The van der Waals surface area contributed by atoms with Gasteiger partial charge in [0.25, 0.3) is 0 Å². The van der Waals surface area contributed by atoms with Crippen LogP contribution >= 0.6 is 0 Å². The molecule has 1 aromatic carbocycles. The molecule has 0 amide bonds. The average molecular weight is 300 g/mol. The van der Waals surface area contributed by atoms with Gasteiger partial charge in [0.2, 0.25) is 6.20 Å². The highest BCUT2D eigenvalue weighted by Crippen LogP contribution is 2.38. The number of nitro groups is 1. The highest BCUT2D eigenvalue weighted by atomic mass is 16.6. The van der Waals surface area contributed by atoms with E-state index in [9.17, 15) is 10.1 Å². The fourth-order valence-corrected chi connectivity index (χ4v) is 3.37. The molecule has 1 N–H and O–H groups in total. The second kappa shape index (κ2) is 6.22. The molecule has 0 saturated heterocycles. The molecule has 0 spiro atoms. The van der Waals surface area contributed by atoms with E-state index in [1.54, 1.807) is 13.2 Å². The van der Waals surface area contributed by atoms with Gasteiger partial charge in [0, 0.05) is 28.2 Å². The number of hydrogen-bond acceptors (Lipinski definition) is 3. The maximum atomic E-state index is 10.7. The van der Waals surface area contributed by atoms with Crippen molar-refractivity contribution in [2.45, 2.75) is 38.0 Å². The molecule has 1 aromatic heterocycles. The van der Waals surface area contributed by atoms with E-state index in [4.69, 9.17) is 4.74 Å². The van der Waals surface area contributed by atoms with E-state index < -0.39 is 4.92 Å². The van der Waals surface area contributed by atoms with Gasteiger partial charge in [-0.3, -0.25) is 10.1 Å². The second-order valence-corrected chi connectivity index (χ2v) is 5.80. The molecule has 1 aliphatic rings. The fraction of sp³-hybridized carbons (Fsp3) is 0.412. The van der Waals surface area contributed by atoms with Crippen molar-refractivity contribution < 1.29 is 9.66 Å². The smallest absolute Gasteiger partial charge is 0.235 e. The van der Waals surface area contributed by atoms with Crippen molar-refractivity contribution in [3.05, 3.63) is 45.8 Å². The zero-order valence-corrected chi connectivity index (χ0v) is 12.7. The van der Waals surface area contributed by atoms with E-state index in [0.29, 0.717) is 5.92 Å². The van der Waals surface area contributed by atoms with Gasteiger partial charge < -0.3 is 9.72 Å². The Labute approximate surface area is 129 Å². The van der Waals surface area contributed by atoms with E-state index in [1.165, 1.54) is 19.3 Å². The molecule has 1 fully saturated rings. The van der Waals surface area contributed by atoms with Crippen LogP contribution in [0.1, 0.15) is 49.3 Å². The number of rotatable bonds is 4. The van der Waals surface area contributed by atoms with Crippen molar-refractivity contribution in [2.75, 3.05) is 7.11 Å². The van der Waals surface area contributed by atoms with Gasteiger partial charge in [-0.2, -0.15) is 0 Å². The minimum atomic E-state index is -0.413. The Morgan fingerprint density at radius 3 is 2.77 bits per heavy atom. The van der Waals surface area contributed by atoms with Gasteiger partial charge in [-0.15, -0.1) is 0 Å². The first-order valence-corrected chi connectivity index (χ1v) is 7.70. The predicted octanol–water partition coefficient (Wildman–Crippen LogP) is 4.47. The molecule has 3 rings (SSSR count). The Hall–Kier alpha value is -2.30. The first-order valence-electron chi connectivity index (χ1n) is 7.70. The number of H-pyrrole nitrogens is 1. The third-order valence-electron chi connectivity index (χ3n) is 4.45. The zero-order chi connectivity index (χ0) is 15.5. The van der Waals surface area contributed by atoms with E-state index >= 15 is 0 Å². The molecule has 2 aromatic rings. The highest BCUT2D eigenvalue weighted by Gasteiger charge is 2.21. The quantitative estimate of drug-likeness (QED) is 0.669. The summed E-state index contributed by atoms with van der Waals surface area (Å²) in [4.78, 5) is 13.8. The summed E-state index contributed by atoms with van der Waals surface area (Å²) in [6.45, 7) is 0. The summed E-state index contributed by atoms with van der Waals surface area (Å²) in [5.74, 6) is 1.22. The number of benzene rings is 1. The monoisotopic (exact) mass is 300 g/mol. The van der Waals surface area contributed by atoms with E-state index in [1.807, 2.05) is 18.2 Å². The number of aromatic nitrogens is 1. The van der Waals surface area contributed by atoms with Crippen LogP contribution in [0.3, 0.4) is 0 Å². The van der Waals surface area contributed by atoms with Crippen LogP contribution in [0.2, 0.25) is 0 Å². The van der Waals surface area contributed by atoms with Gasteiger partial charge in [0.05, 0.1) is 12.0 Å². The fourth-order valence-electron chi connectivity index (χ4n) is 3.37. The largest absolute Gasteiger partial charge is 0.497 e. The van der Waals surface area contributed by atoms with Crippen molar-refractivity contribution in [2.24, 2.45) is 0 Å². The Kier molecular flexibility index (Phi) is 4.13. The van der Waals surface area contributed by atoms with Crippen LogP contribution < -0.4 is 4.74 Å². The van der Waals surface area contributed by atoms with Crippen LogP contribution in [0.4, 0.5) is 0 Å². The van der Waals surface area contributed by atoms with Gasteiger partial charge in [0.15, 0.2) is 0 Å². The Bertz CT molecular complexity index is 712. The molecule has 0 atom stereocenters. The third-order valence-corrected chi connectivity index (χ3v) is 4.45. The van der Waals surface area contributed by atoms with Gasteiger partial charge in [0.1, 0.15) is 5.75 Å². The van der Waals surface area contributed by atoms with Gasteiger partial charge in [-0.1, -0.05) is 19.3 Å². The number of hydrogen-bond donors (Lipinski definition) is 1. The van der Waals surface area contributed by atoms with Gasteiger partial charge in [-0.25, -0.2) is 0 Å². The first-order chi connectivity index (χ1) is 10.7. The van der Waals surface area contributed by atoms with Crippen molar-refractivity contribution in [1.82, 2.24) is 4.98 Å². The molecule has 0 bridgehead atoms. The van der Waals surface area contributed by atoms with Crippen molar-refractivity contribution in [3.8, 4) is 5.75 Å². The predicted molar refractivity (Wildman–Crippen MR) is 86.7 cm³/mol. The van der Waals surface area contributed by atoms with Gasteiger partial charge >= 0.3 is 0 Å². The number of nitrogens with zero attached hydrogens (tertiary/aromatic N) is 1. The van der Waals surface area contributed by atoms with Crippen molar-refractivity contribution >= 4 is 17.0 Å². The molecule has 0 radical (unpaired) electrons. The van der Waals surface area contributed by atoms with E-state index in [2.05, 4.69) is 4.98 Å². The average Bonchev–Trinajstić information content (AvgIpc) is 2.91. The van der Waals surface area contributed by atoms with Crippen LogP contribution in [-0.2, 0) is 0 Å². The Morgan fingerprint density at radius 1 is 1.32 bits per heavy atom. The minimum absolute atomic E-state index is 0.413. The van der Waals surface area contributed by atoms with Crippen LogP contribution in [0, 0.1) is 10.1 Å². The lowest BCUT2D eigenvalue weighted by Crippen LogP contribution is -2.06. The molecule has 0 unspecified atom stereocenters. The first kappa shape index (κ1) is 14.6. The Balaban J connectivity index is 2.12. The van der Waals surface area contributed by atoms with Crippen LogP contribution in [0.25, 0.3) is 17.0 Å². The summed E-state index contributed by atoms with van der Waals surface area (Å²) in [6, 6.07) is 5.83. The molecule has 1 saturated carbocycles. The number of ether oxygens (including phenoxy) is 1. The van der Waals surface area contributed by atoms with Crippen LogP contribution in [-0.4, -0.2) is 17.0 Å². The summed E-state index contributed by atoms with van der Waals surface area (Å²) in [6.07, 6.45) is 8.65. The summed E-state index contributed by atoms with van der Waals surface area (Å²) in [7, 11) is 1.63. The molecule has 0 aliphatic heterocycles. The normalized spacial score (nSPS) is 16.4. The summed E-state index contributed by atoms with van der Waals surface area (Å²) in [5.41, 5.74) is 3.06. The number of aromatic amines is 1. The van der Waals surface area contributed by atoms with Crippen LogP contribution in [0.5, 0.6) is 5.75 Å². The lowest BCUT2D eigenvalue weighted by molar-refractivity contribution is -0.400. The topological polar surface area (TPSA) is 68.2 Å². The summed E-state index contributed by atoms with van der Waals surface area (Å²) >= 11 is 0. The molecule has 116 valence electrons. The lowest BCUT2D eigenvalue weighted by Gasteiger charge is -2.21. The van der Waals surface area contributed by atoms with Crippen LogP contribution in [0.15, 0.2) is 24.4 Å². The molecule has 22 heavy (non-hydrogen) atoms. The van der Waals surface area contributed by atoms with Gasteiger partial charge in [-0.05, 0) is 37.0 Å². The van der Waals surface area contributed by atoms with E-state index in [-0.39, 0.29) is 0 Å². The molecule has 5 nitrogen and oxygen atoms in total. The second-order valence-electron chi connectivity index (χ2n) is 5.80. The Morgan fingerprint density at radius 2 is 2.09 bits per heavy atom. The summed E-state index contributed by atoms with van der Waals surface area (Å²) < 4.78 is 5.29. The standard InChI is InChI=1S/C17H20N2O3/c1-22-13-7-8-16-15(11-13)14(9-10-19(20)21)17(18-16)12-5-3-2-4-6-12/h7-12,18H,2-6H2,1H3/b10-9+. The van der Waals surface area contributed by atoms with Crippen molar-refractivity contribution in [3.63, 3.8) is 0 Å². The minimum Gasteiger partial charge on any atom is -0.497 e. The molecule has 5 heteroatoms. The third kappa shape index (κ3) is 2.84. The number of nitrogens with one attached hydrogen (secondary N) is 1. The number of fused-ring (bicyclic) bond motifs is 1. The molecular formula is C17H20N2O3. The van der Waals surface area contributed by atoms with E-state index in [0.717, 1.165) is 47.0 Å². The maximum absolute atomic E-state index is 10.7. The maximum Gasteiger partial charge on any atom is 0.235 e. The molecule has 1 aliphatic carbocycles.